The van der Waals surface area contributed by atoms with Crippen molar-refractivity contribution in [1.82, 2.24) is 9.47 Å². The summed E-state index contributed by atoms with van der Waals surface area (Å²) in [6, 6.07) is 11.6. The maximum Gasteiger partial charge on any atom is 0.325 e. The summed E-state index contributed by atoms with van der Waals surface area (Å²) in [5.41, 5.74) is 1.79. The second kappa shape index (κ2) is 6.76. The van der Waals surface area contributed by atoms with Crippen molar-refractivity contribution < 1.29 is 19.1 Å². The largest absolute Gasteiger partial charge is 0.468 e. The van der Waals surface area contributed by atoms with E-state index in [-0.39, 0.29) is 11.4 Å². The molecule has 2 aromatic rings. The second-order valence-electron chi connectivity index (χ2n) is 5.03. The first kappa shape index (κ1) is 16.1. The van der Waals surface area contributed by atoms with Crippen LogP contribution < -0.4 is 0 Å². The number of thioether (sulfide) groups is 1. The molecule has 3 rings (SSSR count). The van der Waals surface area contributed by atoms with Gasteiger partial charge in [-0.2, -0.15) is 0 Å². The molecule has 6 nitrogen and oxygen atoms in total. The van der Waals surface area contributed by atoms with Crippen LogP contribution in [0.25, 0.3) is 11.8 Å². The number of aromatic nitrogens is 1. The first-order valence-corrected chi connectivity index (χ1v) is 7.96. The summed E-state index contributed by atoms with van der Waals surface area (Å²) in [7, 11) is 1.21. The summed E-state index contributed by atoms with van der Waals surface area (Å²) < 4.78 is 6.42. The molecule has 1 fully saturated rings. The van der Waals surface area contributed by atoms with E-state index in [0.29, 0.717) is 0 Å². The Bertz CT molecular complexity index is 826. The quantitative estimate of drug-likeness (QED) is 0.631. The van der Waals surface area contributed by atoms with Gasteiger partial charge in [0, 0.05) is 18.1 Å². The minimum absolute atomic E-state index is 0.287. The molecule has 0 N–H and O–H groups in total. The zero-order valence-corrected chi connectivity index (χ0v) is 13.7. The molecule has 122 valence electrons. The smallest absolute Gasteiger partial charge is 0.325 e. The fourth-order valence-corrected chi connectivity index (χ4v) is 3.08. The molecule has 0 saturated carbocycles. The lowest BCUT2D eigenvalue weighted by molar-refractivity contribution is -0.143. The topological polar surface area (TPSA) is 68.6 Å². The van der Waals surface area contributed by atoms with Gasteiger partial charge in [0.2, 0.25) is 0 Å². The van der Waals surface area contributed by atoms with Gasteiger partial charge in [-0.1, -0.05) is 18.2 Å². The number of para-hydroxylation sites is 1. The van der Waals surface area contributed by atoms with E-state index in [1.807, 2.05) is 53.4 Å². The molecule has 1 saturated heterocycles. The fourth-order valence-electron chi connectivity index (χ4n) is 2.24. The van der Waals surface area contributed by atoms with Gasteiger partial charge >= 0.3 is 5.97 Å². The summed E-state index contributed by atoms with van der Waals surface area (Å²) in [6.07, 6.45) is 5.38. The van der Waals surface area contributed by atoms with Gasteiger partial charge in [-0.05, 0) is 41.6 Å². The van der Waals surface area contributed by atoms with E-state index in [0.717, 1.165) is 27.9 Å². The molecule has 24 heavy (non-hydrogen) atoms. The molecular formula is C17H14N2O4S. The Labute approximate surface area is 142 Å². The van der Waals surface area contributed by atoms with Crippen LogP contribution in [-0.4, -0.2) is 40.2 Å². The van der Waals surface area contributed by atoms with E-state index < -0.39 is 17.1 Å². The Kier molecular flexibility index (Phi) is 4.52. The average molecular weight is 342 g/mol. The highest BCUT2D eigenvalue weighted by Crippen LogP contribution is 2.32. The van der Waals surface area contributed by atoms with Crippen molar-refractivity contribution in [3.63, 3.8) is 0 Å². The van der Waals surface area contributed by atoms with Crippen LogP contribution in [0.4, 0.5) is 4.79 Å². The third-order valence-corrected chi connectivity index (χ3v) is 4.36. The molecule has 0 aliphatic carbocycles. The summed E-state index contributed by atoms with van der Waals surface area (Å²) in [6.45, 7) is -0.371. The van der Waals surface area contributed by atoms with Crippen LogP contribution in [0.3, 0.4) is 0 Å². The number of carbonyl (C=O) groups excluding carboxylic acids is 3. The molecule has 1 aromatic carbocycles. The molecule has 0 radical (unpaired) electrons. The number of hydrogen-bond donors (Lipinski definition) is 0. The van der Waals surface area contributed by atoms with Crippen LogP contribution in [0.2, 0.25) is 0 Å². The normalized spacial score (nSPS) is 16.0. The Hall–Kier alpha value is -2.80. The highest BCUT2D eigenvalue weighted by atomic mass is 32.2. The molecule has 1 aliphatic heterocycles. The number of hydrogen-bond acceptors (Lipinski definition) is 5. The molecule has 0 bridgehead atoms. The maximum atomic E-state index is 12.2. The zero-order chi connectivity index (χ0) is 17.1. The summed E-state index contributed by atoms with van der Waals surface area (Å²) in [4.78, 5) is 36.6. The van der Waals surface area contributed by atoms with E-state index in [1.165, 1.54) is 7.11 Å². The highest BCUT2D eigenvalue weighted by molar-refractivity contribution is 8.18. The number of carbonyl (C=O) groups is 3. The molecule has 2 amide bonds. The van der Waals surface area contributed by atoms with Crippen molar-refractivity contribution in [2.45, 2.75) is 0 Å². The van der Waals surface area contributed by atoms with Crippen molar-refractivity contribution >= 4 is 35.0 Å². The van der Waals surface area contributed by atoms with E-state index in [4.69, 9.17) is 0 Å². The highest BCUT2D eigenvalue weighted by Gasteiger charge is 2.36. The van der Waals surface area contributed by atoms with Crippen molar-refractivity contribution in [1.29, 1.82) is 0 Å². The lowest BCUT2D eigenvalue weighted by Crippen LogP contribution is -2.34. The van der Waals surface area contributed by atoms with Gasteiger partial charge < -0.3 is 9.30 Å². The van der Waals surface area contributed by atoms with Crippen LogP contribution in [-0.2, 0) is 14.3 Å². The number of benzene rings is 1. The van der Waals surface area contributed by atoms with Gasteiger partial charge in [0.1, 0.15) is 6.54 Å². The minimum atomic E-state index is -0.631. The number of ether oxygens (including phenoxy) is 1. The van der Waals surface area contributed by atoms with E-state index in [1.54, 1.807) is 6.08 Å². The number of methoxy groups -OCH3 is 1. The number of rotatable bonds is 4. The van der Waals surface area contributed by atoms with E-state index in [9.17, 15) is 14.4 Å². The number of esters is 1. The fraction of sp³-hybridized carbons (Fsp3) is 0.118. The lowest BCUT2D eigenvalue weighted by Gasteiger charge is -2.09. The van der Waals surface area contributed by atoms with Gasteiger partial charge in [0.25, 0.3) is 11.1 Å². The standard InChI is InChI=1S/C17H14N2O4S/c1-23-15(20)11-19-16(21)14(24-17(19)22)9-12-7-8-18(10-12)13-5-3-2-4-6-13/h2-10H,11H2,1H3/b14-9-. The Morgan fingerprint density at radius 1 is 1.21 bits per heavy atom. The zero-order valence-electron chi connectivity index (χ0n) is 12.8. The monoisotopic (exact) mass is 342 g/mol. The molecule has 1 aliphatic rings. The SMILES string of the molecule is COC(=O)CN1C(=O)S/C(=C\c2ccn(-c3ccccc3)c2)C1=O. The van der Waals surface area contributed by atoms with Gasteiger partial charge in [-0.25, -0.2) is 0 Å². The third-order valence-electron chi connectivity index (χ3n) is 3.46. The third kappa shape index (κ3) is 3.26. The van der Waals surface area contributed by atoms with Gasteiger partial charge in [0.05, 0.1) is 12.0 Å². The maximum absolute atomic E-state index is 12.2. The Balaban J connectivity index is 1.80. The van der Waals surface area contributed by atoms with Gasteiger partial charge in [-0.15, -0.1) is 0 Å². The first-order valence-electron chi connectivity index (χ1n) is 7.14. The minimum Gasteiger partial charge on any atom is -0.468 e. The molecule has 1 aromatic heterocycles. The van der Waals surface area contributed by atoms with Crippen molar-refractivity contribution in [2.75, 3.05) is 13.7 Å². The molecular weight excluding hydrogens is 328 g/mol. The average Bonchev–Trinajstić information content (AvgIpc) is 3.16. The number of imide groups is 1. The second-order valence-corrected chi connectivity index (χ2v) is 6.02. The van der Waals surface area contributed by atoms with Crippen molar-refractivity contribution in [3.8, 4) is 5.69 Å². The van der Waals surface area contributed by atoms with Crippen LogP contribution in [0.5, 0.6) is 0 Å². The molecule has 0 atom stereocenters. The number of amides is 2. The van der Waals surface area contributed by atoms with E-state index >= 15 is 0 Å². The predicted octanol–water partition coefficient (Wildman–Crippen LogP) is 2.69. The van der Waals surface area contributed by atoms with Crippen LogP contribution in [0, 0.1) is 0 Å². The van der Waals surface area contributed by atoms with Crippen LogP contribution in [0.1, 0.15) is 5.56 Å². The molecule has 0 unspecified atom stereocenters. The molecule has 7 heteroatoms. The predicted molar refractivity (Wildman–Crippen MR) is 90.5 cm³/mol. The van der Waals surface area contributed by atoms with Crippen LogP contribution >= 0.6 is 11.8 Å². The van der Waals surface area contributed by atoms with Crippen LogP contribution in [0.15, 0.2) is 53.7 Å². The lowest BCUT2D eigenvalue weighted by atomic mass is 10.3. The van der Waals surface area contributed by atoms with Crippen molar-refractivity contribution in [2.24, 2.45) is 0 Å². The molecule has 2 heterocycles. The summed E-state index contributed by atoms with van der Waals surface area (Å²) in [5, 5.41) is -0.473. The van der Waals surface area contributed by atoms with Gasteiger partial charge in [0.15, 0.2) is 0 Å². The Morgan fingerprint density at radius 3 is 2.67 bits per heavy atom. The number of nitrogens with zero attached hydrogens (tertiary/aromatic N) is 2. The van der Waals surface area contributed by atoms with Crippen molar-refractivity contribution in [3.05, 3.63) is 59.3 Å². The first-order chi connectivity index (χ1) is 11.6. The molecule has 0 spiro atoms. The summed E-state index contributed by atoms with van der Waals surface area (Å²) >= 11 is 0.816. The summed E-state index contributed by atoms with van der Waals surface area (Å²) in [5.74, 6) is -1.11. The van der Waals surface area contributed by atoms with E-state index in [2.05, 4.69) is 4.74 Å². The Morgan fingerprint density at radius 2 is 1.96 bits per heavy atom. The van der Waals surface area contributed by atoms with Gasteiger partial charge in [-0.3, -0.25) is 19.3 Å².